The van der Waals surface area contributed by atoms with Crippen LogP contribution in [0.2, 0.25) is 0 Å². The molecular formula is C66H136N4. The Kier molecular flexibility index (Phi) is 54.8. The summed E-state index contributed by atoms with van der Waals surface area (Å²) in [5.74, 6) is 0. The molecule has 1 fully saturated rings. The first kappa shape index (κ1) is 67.9. The summed E-state index contributed by atoms with van der Waals surface area (Å²) in [6.07, 6.45) is 72.6. The van der Waals surface area contributed by atoms with Crippen molar-refractivity contribution in [1.82, 2.24) is 19.6 Å². The van der Waals surface area contributed by atoms with Crippen LogP contribution in [0, 0.1) is 0 Å². The average Bonchev–Trinajstić information content (AvgIpc) is 3.37. The van der Waals surface area contributed by atoms with Crippen LogP contribution < -0.4 is 0 Å². The zero-order valence-corrected chi connectivity index (χ0v) is 49.8. The Morgan fingerprint density at radius 2 is 0.514 bits per heavy atom. The lowest BCUT2D eigenvalue weighted by molar-refractivity contribution is -0.0267. The summed E-state index contributed by atoms with van der Waals surface area (Å²) in [4.78, 5) is 12.0. The predicted molar refractivity (Wildman–Crippen MR) is 319 cm³/mol. The van der Waals surface area contributed by atoms with Crippen molar-refractivity contribution in [3.8, 4) is 0 Å². The van der Waals surface area contributed by atoms with Gasteiger partial charge in [0.25, 0.3) is 0 Å². The average molecular weight is 986 g/mol. The number of unbranched alkanes of at least 4 members (excludes halogenated alkanes) is 45. The number of hydrogen-bond acceptors (Lipinski definition) is 4. The molecule has 4 nitrogen and oxygen atoms in total. The van der Waals surface area contributed by atoms with Crippen molar-refractivity contribution in [2.75, 3.05) is 65.4 Å². The summed E-state index contributed by atoms with van der Waals surface area (Å²) < 4.78 is 0. The van der Waals surface area contributed by atoms with Crippen LogP contribution in [0.1, 0.15) is 356 Å². The standard InChI is InChI=1S/C66H136N4/c1-6-11-16-21-26-31-36-41-46-51-56-67(57-52-47-42-37-32-27-22-17-12-7-2)61-62-68-63-64-70(60-55-50-45-40-35-30-25-20-15-10-5)66(65-68)69(58-53-48-43-38-33-28-23-18-13-8-3)59-54-49-44-39-34-29-24-19-14-9-4/h66H,6-65H2,1-5H3. The highest BCUT2D eigenvalue weighted by Gasteiger charge is 2.31. The van der Waals surface area contributed by atoms with E-state index < -0.39 is 0 Å². The van der Waals surface area contributed by atoms with Crippen LogP contribution in [0.3, 0.4) is 0 Å². The van der Waals surface area contributed by atoms with Gasteiger partial charge in [0, 0.05) is 32.7 Å². The minimum absolute atomic E-state index is 0.613. The minimum atomic E-state index is 0.613. The van der Waals surface area contributed by atoms with Gasteiger partial charge in [-0.1, -0.05) is 324 Å². The van der Waals surface area contributed by atoms with Crippen LogP contribution in [0.5, 0.6) is 0 Å². The molecule has 0 aliphatic carbocycles. The van der Waals surface area contributed by atoms with Gasteiger partial charge in [0.15, 0.2) is 0 Å². The number of nitrogens with zero attached hydrogens (tertiary/aromatic N) is 4. The highest BCUT2D eigenvalue weighted by Crippen LogP contribution is 2.21. The van der Waals surface area contributed by atoms with E-state index >= 15 is 0 Å². The van der Waals surface area contributed by atoms with E-state index in [4.69, 9.17) is 0 Å². The fourth-order valence-electron chi connectivity index (χ4n) is 11.7. The monoisotopic (exact) mass is 985 g/mol. The maximum Gasteiger partial charge on any atom is 0.0754 e. The molecule has 1 aliphatic heterocycles. The van der Waals surface area contributed by atoms with E-state index in [1.54, 1.807) is 0 Å². The molecule has 0 spiro atoms. The summed E-state index contributed by atoms with van der Waals surface area (Å²) in [6.45, 7) is 24.8. The summed E-state index contributed by atoms with van der Waals surface area (Å²) in [6, 6.07) is 0. The normalized spacial score (nSPS) is 14.9. The molecule has 70 heavy (non-hydrogen) atoms. The van der Waals surface area contributed by atoms with Gasteiger partial charge in [-0.15, -0.1) is 0 Å². The molecule has 0 saturated carbocycles. The fraction of sp³-hybridized carbons (Fsp3) is 1.00. The van der Waals surface area contributed by atoms with Crippen molar-refractivity contribution in [3.63, 3.8) is 0 Å². The molecule has 420 valence electrons. The van der Waals surface area contributed by atoms with Crippen molar-refractivity contribution >= 4 is 0 Å². The lowest BCUT2D eigenvalue weighted by Gasteiger charge is -2.47. The number of piperazine rings is 1. The molecule has 0 N–H and O–H groups in total. The zero-order chi connectivity index (χ0) is 50.3. The number of hydrogen-bond donors (Lipinski definition) is 0. The van der Waals surface area contributed by atoms with Gasteiger partial charge in [0.1, 0.15) is 0 Å². The highest BCUT2D eigenvalue weighted by atomic mass is 15.4. The summed E-state index contributed by atoms with van der Waals surface area (Å²) in [7, 11) is 0. The molecule has 0 aromatic heterocycles. The van der Waals surface area contributed by atoms with Gasteiger partial charge in [-0.2, -0.15) is 0 Å². The quantitative estimate of drug-likeness (QED) is 0.0563. The van der Waals surface area contributed by atoms with E-state index in [0.717, 1.165) is 0 Å². The molecule has 0 aromatic rings. The van der Waals surface area contributed by atoms with Gasteiger partial charge in [-0.3, -0.25) is 14.7 Å². The van der Waals surface area contributed by atoms with Crippen LogP contribution in [-0.4, -0.2) is 91.2 Å². The van der Waals surface area contributed by atoms with E-state index in [0.29, 0.717) is 6.17 Å². The smallest absolute Gasteiger partial charge is 0.0754 e. The SMILES string of the molecule is CCCCCCCCCCCCN(CCCCCCCCCCCC)CCN1CCN(CCCCCCCCCCCC)C(N(CCCCCCCCCCCC)CCCCCCCCCCCC)C1. The Bertz CT molecular complexity index is 908. The Hall–Kier alpha value is -0.160. The molecule has 1 aliphatic rings. The molecule has 0 bridgehead atoms. The Morgan fingerprint density at radius 1 is 0.257 bits per heavy atom. The maximum atomic E-state index is 3.06. The second-order valence-electron chi connectivity index (χ2n) is 23.6. The first-order valence-electron chi connectivity index (χ1n) is 33.6. The largest absolute Gasteiger partial charge is 0.302 e. The van der Waals surface area contributed by atoms with E-state index in [1.165, 1.54) is 386 Å². The van der Waals surface area contributed by atoms with Crippen LogP contribution in [0.4, 0.5) is 0 Å². The first-order chi connectivity index (χ1) is 34.7. The Morgan fingerprint density at radius 3 is 0.814 bits per heavy atom. The van der Waals surface area contributed by atoms with E-state index in [9.17, 15) is 0 Å². The third kappa shape index (κ3) is 45.3. The van der Waals surface area contributed by atoms with E-state index in [2.05, 4.69) is 54.2 Å². The van der Waals surface area contributed by atoms with Crippen LogP contribution in [0.15, 0.2) is 0 Å². The molecule has 0 radical (unpaired) electrons. The van der Waals surface area contributed by atoms with Gasteiger partial charge >= 0.3 is 0 Å². The molecule has 1 saturated heterocycles. The van der Waals surface area contributed by atoms with Gasteiger partial charge in [0.05, 0.1) is 6.17 Å². The third-order valence-electron chi connectivity index (χ3n) is 16.8. The lowest BCUT2D eigenvalue weighted by atomic mass is 10.1. The van der Waals surface area contributed by atoms with Crippen molar-refractivity contribution < 1.29 is 0 Å². The van der Waals surface area contributed by atoms with Crippen LogP contribution in [-0.2, 0) is 0 Å². The van der Waals surface area contributed by atoms with E-state index in [1.807, 2.05) is 0 Å². The fourth-order valence-corrected chi connectivity index (χ4v) is 11.7. The molecule has 1 rings (SSSR count). The maximum absolute atomic E-state index is 3.06. The van der Waals surface area contributed by atoms with E-state index in [-0.39, 0.29) is 0 Å². The van der Waals surface area contributed by atoms with Gasteiger partial charge < -0.3 is 4.90 Å². The summed E-state index contributed by atoms with van der Waals surface area (Å²) in [5.41, 5.74) is 0. The molecule has 1 heterocycles. The van der Waals surface area contributed by atoms with Crippen LogP contribution in [0.25, 0.3) is 0 Å². The molecular weight excluding hydrogens is 849 g/mol. The highest BCUT2D eigenvalue weighted by molar-refractivity contribution is 4.84. The lowest BCUT2D eigenvalue weighted by Crippen LogP contribution is -2.61. The Labute approximate surface area is 444 Å². The summed E-state index contributed by atoms with van der Waals surface area (Å²) in [5, 5.41) is 0. The van der Waals surface area contributed by atoms with Crippen LogP contribution >= 0.6 is 0 Å². The molecule has 0 amide bonds. The molecule has 0 aromatic carbocycles. The molecule has 1 unspecified atom stereocenters. The Balaban J connectivity index is 2.95. The summed E-state index contributed by atoms with van der Waals surface area (Å²) >= 11 is 0. The van der Waals surface area contributed by atoms with Crippen molar-refractivity contribution in [2.24, 2.45) is 0 Å². The molecule has 4 heteroatoms. The molecule has 1 atom stereocenters. The van der Waals surface area contributed by atoms with Gasteiger partial charge in [0.2, 0.25) is 0 Å². The number of rotatable bonds is 59. The predicted octanol–water partition coefficient (Wildman–Crippen LogP) is 21.1. The van der Waals surface area contributed by atoms with Crippen molar-refractivity contribution in [2.45, 2.75) is 362 Å². The first-order valence-corrected chi connectivity index (χ1v) is 33.6. The van der Waals surface area contributed by atoms with Gasteiger partial charge in [-0.05, 0) is 64.8 Å². The topological polar surface area (TPSA) is 13.0 Å². The second kappa shape index (κ2) is 56.6. The minimum Gasteiger partial charge on any atom is -0.302 e. The van der Waals surface area contributed by atoms with Gasteiger partial charge in [-0.25, -0.2) is 0 Å². The van der Waals surface area contributed by atoms with Crippen molar-refractivity contribution in [3.05, 3.63) is 0 Å². The van der Waals surface area contributed by atoms with Crippen molar-refractivity contribution in [1.29, 1.82) is 0 Å². The second-order valence-corrected chi connectivity index (χ2v) is 23.6. The zero-order valence-electron chi connectivity index (χ0n) is 49.8. The third-order valence-corrected chi connectivity index (χ3v) is 16.8.